The van der Waals surface area contributed by atoms with Gasteiger partial charge in [-0.25, -0.2) is 4.79 Å². The Morgan fingerprint density at radius 1 is 1.25 bits per heavy atom. The Balaban J connectivity index is 2.08. The molecule has 32 heavy (non-hydrogen) atoms. The summed E-state index contributed by atoms with van der Waals surface area (Å²) in [4.78, 5) is 27.3. The number of hydrogen-bond acceptors (Lipinski definition) is 7. The van der Waals surface area contributed by atoms with Crippen LogP contribution in [0.1, 0.15) is 50.8 Å². The molecule has 0 aliphatic carbocycles. The van der Waals surface area contributed by atoms with Gasteiger partial charge in [-0.1, -0.05) is 0 Å². The summed E-state index contributed by atoms with van der Waals surface area (Å²) in [5, 5.41) is 20.1. The van der Waals surface area contributed by atoms with Gasteiger partial charge in [-0.3, -0.25) is 4.79 Å². The lowest BCUT2D eigenvalue weighted by Crippen LogP contribution is -2.42. The fourth-order valence-corrected chi connectivity index (χ4v) is 4.23. The lowest BCUT2D eigenvalue weighted by Gasteiger charge is -2.33. The quantitative estimate of drug-likeness (QED) is 0.627. The van der Waals surface area contributed by atoms with Gasteiger partial charge in [0.1, 0.15) is 22.7 Å². The lowest BCUT2D eigenvalue weighted by molar-refractivity contribution is -0.133. The van der Waals surface area contributed by atoms with Crippen molar-refractivity contribution in [2.75, 3.05) is 20.2 Å². The molecule has 2 aromatic rings. The molecule has 1 aliphatic rings. The summed E-state index contributed by atoms with van der Waals surface area (Å²) in [6.45, 7) is 9.05. The van der Waals surface area contributed by atoms with E-state index in [1.807, 2.05) is 19.9 Å². The van der Waals surface area contributed by atoms with E-state index in [4.69, 9.17) is 13.9 Å². The highest BCUT2D eigenvalue weighted by Gasteiger charge is 2.31. The maximum absolute atomic E-state index is 13.0. The van der Waals surface area contributed by atoms with Crippen molar-refractivity contribution in [3.05, 3.63) is 33.2 Å². The van der Waals surface area contributed by atoms with Crippen LogP contribution in [0.2, 0.25) is 0 Å². The van der Waals surface area contributed by atoms with Gasteiger partial charge in [-0.2, -0.15) is 0 Å². The summed E-state index contributed by atoms with van der Waals surface area (Å²) < 4.78 is 17.4. The van der Waals surface area contributed by atoms with Crippen LogP contribution in [0, 0.1) is 6.92 Å². The SMILES string of the molecule is COc1cc2c(c3oc(=O)c(CC(=O)N(C[C@@H](C)O)C[C@@H](C)O)c(C)c13)CCC(C)(C)O2. The lowest BCUT2D eigenvalue weighted by atomic mass is 9.91. The molecule has 1 aliphatic heterocycles. The van der Waals surface area contributed by atoms with Gasteiger partial charge in [0.15, 0.2) is 0 Å². The second-order valence-electron chi connectivity index (χ2n) is 9.29. The fraction of sp³-hybridized carbons (Fsp3) is 0.583. The van der Waals surface area contributed by atoms with Crippen LogP contribution < -0.4 is 15.1 Å². The van der Waals surface area contributed by atoms with Gasteiger partial charge < -0.3 is 29.0 Å². The van der Waals surface area contributed by atoms with Crippen LogP contribution in [0.3, 0.4) is 0 Å². The number of rotatable bonds is 7. The first-order chi connectivity index (χ1) is 14.9. The molecule has 0 radical (unpaired) electrons. The highest BCUT2D eigenvalue weighted by atomic mass is 16.5. The van der Waals surface area contributed by atoms with Gasteiger partial charge in [0.05, 0.1) is 36.7 Å². The zero-order valence-electron chi connectivity index (χ0n) is 19.7. The number of carbonyl (C=O) groups excluding carboxylic acids is 1. The predicted molar refractivity (Wildman–Crippen MR) is 120 cm³/mol. The number of fused-ring (bicyclic) bond motifs is 3. The molecule has 2 heterocycles. The maximum atomic E-state index is 13.0. The molecule has 1 aromatic heterocycles. The number of amides is 1. The summed E-state index contributed by atoms with van der Waals surface area (Å²) in [7, 11) is 1.54. The fourth-order valence-electron chi connectivity index (χ4n) is 4.23. The highest BCUT2D eigenvalue weighted by Crippen LogP contribution is 2.43. The topological polar surface area (TPSA) is 109 Å². The Labute approximate surface area is 187 Å². The molecule has 2 atom stereocenters. The van der Waals surface area contributed by atoms with Crippen LogP contribution in [0.15, 0.2) is 15.3 Å². The molecule has 0 unspecified atom stereocenters. The molecule has 0 spiro atoms. The summed E-state index contributed by atoms with van der Waals surface area (Å²) in [6, 6.07) is 1.81. The number of nitrogens with zero attached hydrogens (tertiary/aromatic N) is 1. The molecule has 0 saturated heterocycles. The average Bonchev–Trinajstić information content (AvgIpc) is 2.67. The predicted octanol–water partition coefficient (Wildman–Crippen LogP) is 2.35. The molecule has 0 saturated carbocycles. The van der Waals surface area contributed by atoms with Gasteiger partial charge in [-0.15, -0.1) is 0 Å². The van der Waals surface area contributed by atoms with Crippen molar-refractivity contribution in [1.82, 2.24) is 4.90 Å². The van der Waals surface area contributed by atoms with Crippen molar-refractivity contribution in [2.45, 2.75) is 71.7 Å². The maximum Gasteiger partial charge on any atom is 0.340 e. The van der Waals surface area contributed by atoms with Crippen molar-refractivity contribution in [3.8, 4) is 11.5 Å². The first-order valence-electron chi connectivity index (χ1n) is 10.9. The van der Waals surface area contributed by atoms with Gasteiger partial charge in [0, 0.05) is 24.7 Å². The summed E-state index contributed by atoms with van der Waals surface area (Å²) in [5.74, 6) is 0.775. The van der Waals surface area contributed by atoms with Gasteiger partial charge in [0.25, 0.3) is 0 Å². The normalized spacial score (nSPS) is 16.8. The Morgan fingerprint density at radius 3 is 2.44 bits per heavy atom. The molecule has 1 aromatic carbocycles. The first kappa shape index (κ1) is 24.1. The Bertz CT molecular complexity index is 1060. The first-order valence-corrected chi connectivity index (χ1v) is 10.9. The third kappa shape index (κ3) is 4.91. The zero-order chi connectivity index (χ0) is 23.8. The third-order valence-electron chi connectivity index (χ3n) is 5.81. The average molecular weight is 448 g/mol. The van der Waals surface area contributed by atoms with E-state index < -0.39 is 17.8 Å². The molecule has 176 valence electrons. The van der Waals surface area contributed by atoms with Crippen LogP contribution in [0.5, 0.6) is 11.5 Å². The smallest absolute Gasteiger partial charge is 0.340 e. The van der Waals surface area contributed by atoms with Crippen molar-refractivity contribution in [3.63, 3.8) is 0 Å². The third-order valence-corrected chi connectivity index (χ3v) is 5.81. The number of ether oxygens (including phenoxy) is 2. The van der Waals surface area contributed by atoms with Gasteiger partial charge in [0.2, 0.25) is 5.91 Å². The van der Waals surface area contributed by atoms with Crippen molar-refractivity contribution in [2.24, 2.45) is 0 Å². The number of methoxy groups -OCH3 is 1. The molecule has 1 amide bonds. The second kappa shape index (κ2) is 9.11. The van der Waals surface area contributed by atoms with Gasteiger partial charge >= 0.3 is 5.63 Å². The summed E-state index contributed by atoms with van der Waals surface area (Å²) in [5.41, 5.74) is 1.19. The molecule has 0 fully saturated rings. The molecular weight excluding hydrogens is 414 g/mol. The highest BCUT2D eigenvalue weighted by molar-refractivity contribution is 5.93. The number of aryl methyl sites for hydroxylation is 2. The molecule has 8 nitrogen and oxygen atoms in total. The second-order valence-corrected chi connectivity index (χ2v) is 9.29. The van der Waals surface area contributed by atoms with Crippen LogP contribution in [-0.4, -0.2) is 59.0 Å². The number of aliphatic hydroxyl groups is 2. The minimum absolute atomic E-state index is 0.0612. The van der Waals surface area contributed by atoms with Crippen molar-refractivity contribution >= 4 is 16.9 Å². The van der Waals surface area contributed by atoms with E-state index in [0.717, 1.165) is 12.0 Å². The molecule has 0 bridgehead atoms. The largest absolute Gasteiger partial charge is 0.496 e. The monoisotopic (exact) mass is 447 g/mol. The van der Waals surface area contributed by atoms with Crippen LogP contribution >= 0.6 is 0 Å². The van der Waals surface area contributed by atoms with Crippen molar-refractivity contribution < 1.29 is 28.9 Å². The summed E-state index contributed by atoms with van der Waals surface area (Å²) in [6.07, 6.45) is -0.254. The number of carbonyl (C=O) groups is 1. The van der Waals surface area contributed by atoms with Crippen LogP contribution in [0.25, 0.3) is 11.0 Å². The molecule has 3 rings (SSSR count). The zero-order valence-corrected chi connectivity index (χ0v) is 19.7. The van der Waals surface area contributed by atoms with Crippen LogP contribution in [0.4, 0.5) is 0 Å². The Morgan fingerprint density at radius 2 is 1.88 bits per heavy atom. The number of hydrogen-bond donors (Lipinski definition) is 2. The van der Waals surface area contributed by atoms with E-state index in [-0.39, 0.29) is 36.6 Å². The molecule has 2 N–H and O–H groups in total. The van der Waals surface area contributed by atoms with E-state index in [2.05, 4.69) is 0 Å². The Kier molecular flexibility index (Phi) is 6.86. The number of benzene rings is 1. The van der Waals surface area contributed by atoms with E-state index in [1.54, 1.807) is 20.8 Å². The van der Waals surface area contributed by atoms with E-state index in [9.17, 15) is 19.8 Å². The minimum Gasteiger partial charge on any atom is -0.496 e. The van der Waals surface area contributed by atoms with Crippen molar-refractivity contribution in [1.29, 1.82) is 0 Å². The molecule has 8 heteroatoms. The van der Waals surface area contributed by atoms with E-state index in [0.29, 0.717) is 34.5 Å². The van der Waals surface area contributed by atoms with Gasteiger partial charge in [-0.05, 0) is 53.0 Å². The minimum atomic E-state index is -0.761. The number of aliphatic hydroxyl groups excluding tert-OH is 2. The van der Waals surface area contributed by atoms with Crippen LogP contribution in [-0.2, 0) is 17.6 Å². The summed E-state index contributed by atoms with van der Waals surface area (Å²) >= 11 is 0. The standard InChI is InChI=1S/C24H33NO7/c1-13(26)11-25(12-14(2)27)20(28)9-17-15(3)21-19(30-6)10-18-16(22(21)31-23(17)29)7-8-24(4,5)32-18/h10,13-14,26-27H,7-9,11-12H2,1-6H3/t13-,14-/m1/s1. The van der Waals surface area contributed by atoms with E-state index in [1.165, 1.54) is 12.0 Å². The Hall–Kier alpha value is -2.58. The van der Waals surface area contributed by atoms with E-state index >= 15 is 0 Å². The molecular formula is C24H33NO7.